The third-order valence-corrected chi connectivity index (χ3v) is 7.27. The third kappa shape index (κ3) is 6.77. The van der Waals surface area contributed by atoms with Crippen LogP contribution in [0.2, 0.25) is 0 Å². The predicted molar refractivity (Wildman–Crippen MR) is 122 cm³/mol. The van der Waals surface area contributed by atoms with Crippen LogP contribution in [0.1, 0.15) is 74.0 Å². The molecule has 1 unspecified atom stereocenters. The number of likely N-dealkylation sites (tertiary alicyclic amines) is 1. The Kier molecular flexibility index (Phi) is 8.90. The summed E-state index contributed by atoms with van der Waals surface area (Å²) < 4.78 is 5.12. The second-order valence-corrected chi connectivity index (χ2v) is 9.63. The standard InChI is InChI=1S/C23H35N3O4S/c1-3-18-13-19(23(29)30-4-2)22(31-18)25-20(27)15-26-12-8-9-16(14-26)21(28)24-17-10-6-5-7-11-17/h13,16-17H,3-12,14-15H2,1-2H3,(H,24,28)(H,25,27). The van der Waals surface area contributed by atoms with E-state index in [0.717, 1.165) is 43.5 Å². The average Bonchev–Trinajstić information content (AvgIpc) is 3.17. The Labute approximate surface area is 188 Å². The molecule has 8 heteroatoms. The van der Waals surface area contributed by atoms with Gasteiger partial charge in [-0.3, -0.25) is 14.5 Å². The van der Waals surface area contributed by atoms with Crippen LogP contribution < -0.4 is 10.6 Å². The van der Waals surface area contributed by atoms with Crippen LogP contribution in [-0.2, 0) is 20.7 Å². The van der Waals surface area contributed by atoms with E-state index >= 15 is 0 Å². The number of esters is 1. The van der Waals surface area contributed by atoms with Crippen molar-refractivity contribution < 1.29 is 19.1 Å². The molecule has 1 atom stereocenters. The van der Waals surface area contributed by atoms with Crippen molar-refractivity contribution in [3.63, 3.8) is 0 Å². The number of rotatable bonds is 8. The van der Waals surface area contributed by atoms with Gasteiger partial charge in [-0.15, -0.1) is 11.3 Å². The number of thiophene rings is 1. The maximum absolute atomic E-state index is 12.7. The summed E-state index contributed by atoms with van der Waals surface area (Å²) in [6, 6.07) is 2.11. The van der Waals surface area contributed by atoms with Crippen molar-refractivity contribution >= 4 is 34.1 Å². The van der Waals surface area contributed by atoms with Crippen molar-refractivity contribution in [1.82, 2.24) is 10.2 Å². The van der Waals surface area contributed by atoms with E-state index in [4.69, 9.17) is 4.74 Å². The Morgan fingerprint density at radius 3 is 2.61 bits per heavy atom. The Balaban J connectivity index is 1.53. The molecule has 7 nitrogen and oxygen atoms in total. The lowest BCUT2D eigenvalue weighted by Gasteiger charge is -2.33. The zero-order valence-corrected chi connectivity index (χ0v) is 19.5. The summed E-state index contributed by atoms with van der Waals surface area (Å²) in [7, 11) is 0. The molecule has 2 heterocycles. The number of ether oxygens (including phenoxy) is 1. The fourth-order valence-corrected chi connectivity index (χ4v) is 5.42. The van der Waals surface area contributed by atoms with Crippen molar-refractivity contribution in [1.29, 1.82) is 0 Å². The highest BCUT2D eigenvalue weighted by Crippen LogP contribution is 2.29. The molecular weight excluding hydrogens is 414 g/mol. The number of hydrogen-bond acceptors (Lipinski definition) is 6. The molecule has 1 aliphatic heterocycles. The van der Waals surface area contributed by atoms with Gasteiger partial charge in [0, 0.05) is 17.5 Å². The molecule has 2 aliphatic rings. The van der Waals surface area contributed by atoms with Gasteiger partial charge in [0.1, 0.15) is 5.00 Å². The van der Waals surface area contributed by atoms with Gasteiger partial charge in [0.05, 0.1) is 24.6 Å². The molecule has 31 heavy (non-hydrogen) atoms. The van der Waals surface area contributed by atoms with Crippen LogP contribution in [0.4, 0.5) is 5.00 Å². The lowest BCUT2D eigenvalue weighted by Crippen LogP contribution is -2.47. The normalized spacial score (nSPS) is 20.3. The van der Waals surface area contributed by atoms with E-state index in [2.05, 4.69) is 10.6 Å². The SMILES string of the molecule is CCOC(=O)c1cc(CC)sc1NC(=O)CN1CCCC(C(=O)NC2CCCCC2)C1. The quantitative estimate of drug-likeness (QED) is 0.592. The number of hydrogen-bond donors (Lipinski definition) is 2. The minimum atomic E-state index is -0.411. The lowest BCUT2D eigenvalue weighted by molar-refractivity contribution is -0.128. The molecule has 1 aromatic rings. The number of anilines is 1. The second-order valence-electron chi connectivity index (χ2n) is 8.50. The fourth-order valence-electron chi connectivity index (χ4n) is 4.42. The van der Waals surface area contributed by atoms with Crippen molar-refractivity contribution in [3.8, 4) is 0 Å². The van der Waals surface area contributed by atoms with Gasteiger partial charge < -0.3 is 15.4 Å². The van der Waals surface area contributed by atoms with Gasteiger partial charge in [-0.1, -0.05) is 26.2 Å². The van der Waals surface area contributed by atoms with Gasteiger partial charge in [0.2, 0.25) is 11.8 Å². The molecule has 1 aliphatic carbocycles. The van der Waals surface area contributed by atoms with E-state index in [9.17, 15) is 14.4 Å². The number of carbonyl (C=O) groups excluding carboxylic acids is 3. The average molecular weight is 450 g/mol. The van der Waals surface area contributed by atoms with E-state index in [0.29, 0.717) is 29.8 Å². The van der Waals surface area contributed by atoms with Crippen LogP contribution in [0.3, 0.4) is 0 Å². The zero-order chi connectivity index (χ0) is 22.2. The summed E-state index contributed by atoms with van der Waals surface area (Å²) in [5.74, 6) is -0.506. The number of nitrogens with one attached hydrogen (secondary N) is 2. The maximum Gasteiger partial charge on any atom is 0.341 e. The molecule has 2 amide bonds. The number of amides is 2. The van der Waals surface area contributed by atoms with Crippen LogP contribution in [-0.4, -0.2) is 55.0 Å². The van der Waals surface area contributed by atoms with Crippen molar-refractivity contribution in [3.05, 3.63) is 16.5 Å². The number of carbonyl (C=O) groups is 3. The minimum absolute atomic E-state index is 0.0630. The molecule has 1 saturated heterocycles. The lowest BCUT2D eigenvalue weighted by atomic mass is 9.93. The fraction of sp³-hybridized carbons (Fsp3) is 0.696. The number of piperidine rings is 1. The summed E-state index contributed by atoms with van der Waals surface area (Å²) in [4.78, 5) is 40.7. The van der Waals surface area contributed by atoms with E-state index in [-0.39, 0.29) is 24.3 Å². The van der Waals surface area contributed by atoms with Crippen LogP contribution in [0.5, 0.6) is 0 Å². The first-order valence-corrected chi connectivity index (χ1v) is 12.4. The molecule has 3 rings (SSSR count). The highest BCUT2D eigenvalue weighted by atomic mass is 32.1. The zero-order valence-electron chi connectivity index (χ0n) is 18.7. The molecular formula is C23H35N3O4S. The second kappa shape index (κ2) is 11.6. The van der Waals surface area contributed by atoms with Gasteiger partial charge >= 0.3 is 5.97 Å². The smallest absolute Gasteiger partial charge is 0.341 e. The monoisotopic (exact) mass is 449 g/mol. The molecule has 0 spiro atoms. The van der Waals surface area contributed by atoms with Gasteiger partial charge in [0.25, 0.3) is 0 Å². The predicted octanol–water partition coefficient (Wildman–Crippen LogP) is 3.59. The highest BCUT2D eigenvalue weighted by molar-refractivity contribution is 7.16. The molecule has 1 saturated carbocycles. The van der Waals surface area contributed by atoms with Crippen LogP contribution >= 0.6 is 11.3 Å². The van der Waals surface area contributed by atoms with Gasteiger partial charge in [-0.05, 0) is 51.6 Å². The first-order valence-electron chi connectivity index (χ1n) is 11.6. The Hall–Kier alpha value is -1.93. The van der Waals surface area contributed by atoms with E-state index in [1.165, 1.54) is 30.6 Å². The Morgan fingerprint density at radius 1 is 1.13 bits per heavy atom. The number of nitrogens with zero attached hydrogens (tertiary/aromatic N) is 1. The van der Waals surface area contributed by atoms with Crippen LogP contribution in [0.15, 0.2) is 6.07 Å². The first kappa shape index (κ1) is 23.7. The molecule has 2 N–H and O–H groups in total. The summed E-state index contributed by atoms with van der Waals surface area (Å²) in [6.45, 7) is 5.69. The topological polar surface area (TPSA) is 87.7 Å². The largest absolute Gasteiger partial charge is 0.462 e. The molecule has 0 radical (unpaired) electrons. The van der Waals surface area contributed by atoms with Crippen molar-refractivity contribution in [2.24, 2.45) is 5.92 Å². The maximum atomic E-state index is 12.7. The van der Waals surface area contributed by atoms with Crippen molar-refractivity contribution in [2.75, 3.05) is 31.6 Å². The van der Waals surface area contributed by atoms with Crippen molar-refractivity contribution in [2.45, 2.75) is 71.3 Å². The molecule has 0 bridgehead atoms. The molecule has 2 fully saturated rings. The van der Waals surface area contributed by atoms with E-state index in [1.54, 1.807) is 13.0 Å². The summed E-state index contributed by atoms with van der Waals surface area (Å²) in [6.07, 6.45) is 8.37. The Morgan fingerprint density at radius 2 is 1.90 bits per heavy atom. The van der Waals surface area contributed by atoms with Gasteiger partial charge in [0.15, 0.2) is 0 Å². The minimum Gasteiger partial charge on any atom is -0.462 e. The summed E-state index contributed by atoms with van der Waals surface area (Å²) >= 11 is 1.41. The third-order valence-electron chi connectivity index (χ3n) is 6.07. The van der Waals surface area contributed by atoms with Crippen LogP contribution in [0.25, 0.3) is 0 Å². The Bertz CT molecular complexity index is 773. The molecule has 0 aromatic carbocycles. The number of aryl methyl sites for hydroxylation is 1. The highest BCUT2D eigenvalue weighted by Gasteiger charge is 2.29. The van der Waals surface area contributed by atoms with Crippen LogP contribution in [0, 0.1) is 5.92 Å². The van der Waals surface area contributed by atoms with E-state index in [1.807, 2.05) is 11.8 Å². The van der Waals surface area contributed by atoms with Gasteiger partial charge in [-0.2, -0.15) is 0 Å². The first-order chi connectivity index (χ1) is 15.0. The van der Waals surface area contributed by atoms with E-state index < -0.39 is 5.97 Å². The van der Waals surface area contributed by atoms with Gasteiger partial charge in [-0.25, -0.2) is 4.79 Å². The summed E-state index contributed by atoms with van der Waals surface area (Å²) in [5, 5.41) is 6.67. The molecule has 1 aromatic heterocycles. The molecule has 172 valence electrons. The summed E-state index contributed by atoms with van der Waals surface area (Å²) in [5.41, 5.74) is 0.417.